The first kappa shape index (κ1) is 13.0. The summed E-state index contributed by atoms with van der Waals surface area (Å²) in [5, 5.41) is 1.36. The first-order valence-electron chi connectivity index (χ1n) is 5.32. The van der Waals surface area contributed by atoms with Crippen LogP contribution in [-0.4, -0.2) is 30.5 Å². The lowest BCUT2D eigenvalue weighted by Crippen LogP contribution is -2.29. The molecule has 92 valence electrons. The minimum Gasteiger partial charge on any atom is -0.462 e. The van der Waals surface area contributed by atoms with Crippen LogP contribution in [0.25, 0.3) is 0 Å². The highest BCUT2D eigenvalue weighted by Crippen LogP contribution is 2.11. The molecule has 0 saturated carbocycles. The second kappa shape index (κ2) is 5.89. The van der Waals surface area contributed by atoms with Crippen molar-refractivity contribution in [2.45, 2.75) is 13.8 Å². The van der Waals surface area contributed by atoms with E-state index in [-0.39, 0.29) is 11.9 Å². The molecule has 1 aromatic carbocycles. The Balaban J connectivity index is 2.68. The molecule has 1 N–H and O–H groups in total. The number of hydrogen-bond acceptors (Lipinski definition) is 4. The molecule has 17 heavy (non-hydrogen) atoms. The Morgan fingerprint density at radius 1 is 1.29 bits per heavy atom. The van der Waals surface area contributed by atoms with Crippen molar-refractivity contribution >= 4 is 17.6 Å². The number of rotatable bonds is 4. The summed E-state index contributed by atoms with van der Waals surface area (Å²) in [4.78, 5) is 22.4. The normalized spacial score (nSPS) is 9.59. The molecule has 0 unspecified atom stereocenters. The Kier molecular flexibility index (Phi) is 4.51. The maximum Gasteiger partial charge on any atom is 0.338 e. The average Bonchev–Trinajstić information content (AvgIpc) is 2.30. The van der Waals surface area contributed by atoms with Gasteiger partial charge in [-0.2, -0.15) is 0 Å². The SMILES string of the molecule is CCOC(=O)c1ccc(NN(C)C(C)=O)cc1. The summed E-state index contributed by atoms with van der Waals surface area (Å²) in [6.07, 6.45) is 0. The molecule has 1 rings (SSSR count). The van der Waals surface area contributed by atoms with E-state index in [4.69, 9.17) is 4.74 Å². The Labute approximate surface area is 100 Å². The zero-order valence-corrected chi connectivity index (χ0v) is 10.2. The number of nitrogens with zero attached hydrogens (tertiary/aromatic N) is 1. The number of esters is 1. The van der Waals surface area contributed by atoms with Crippen LogP contribution in [0.3, 0.4) is 0 Å². The summed E-state index contributed by atoms with van der Waals surface area (Å²) >= 11 is 0. The summed E-state index contributed by atoms with van der Waals surface area (Å²) in [5.74, 6) is -0.446. The van der Waals surface area contributed by atoms with Gasteiger partial charge in [-0.05, 0) is 31.2 Å². The predicted molar refractivity (Wildman–Crippen MR) is 64.5 cm³/mol. The van der Waals surface area contributed by atoms with E-state index in [0.717, 1.165) is 5.69 Å². The van der Waals surface area contributed by atoms with Crippen molar-refractivity contribution in [2.24, 2.45) is 0 Å². The maximum atomic E-state index is 11.4. The summed E-state index contributed by atoms with van der Waals surface area (Å²) in [5.41, 5.74) is 4.09. The standard InChI is InChI=1S/C12H16N2O3/c1-4-17-12(16)10-5-7-11(8-6-10)13-14(3)9(2)15/h5-8,13H,4H2,1-3H3. The second-order valence-electron chi connectivity index (χ2n) is 3.49. The lowest BCUT2D eigenvalue weighted by atomic mass is 10.2. The molecular weight excluding hydrogens is 220 g/mol. The molecule has 0 atom stereocenters. The number of carbonyl (C=O) groups excluding carboxylic acids is 2. The van der Waals surface area contributed by atoms with E-state index >= 15 is 0 Å². The van der Waals surface area contributed by atoms with Crippen molar-refractivity contribution in [3.8, 4) is 0 Å². The van der Waals surface area contributed by atoms with Crippen molar-refractivity contribution in [2.75, 3.05) is 19.1 Å². The molecule has 0 saturated heterocycles. The van der Waals surface area contributed by atoms with Gasteiger partial charge in [0.2, 0.25) is 5.91 Å². The van der Waals surface area contributed by atoms with Gasteiger partial charge in [-0.25, -0.2) is 4.79 Å². The van der Waals surface area contributed by atoms with Crippen molar-refractivity contribution in [1.29, 1.82) is 0 Å². The fourth-order valence-corrected chi connectivity index (χ4v) is 1.17. The van der Waals surface area contributed by atoms with Gasteiger partial charge in [0.1, 0.15) is 0 Å². The van der Waals surface area contributed by atoms with Gasteiger partial charge in [-0.15, -0.1) is 0 Å². The van der Waals surface area contributed by atoms with E-state index in [1.165, 1.54) is 11.9 Å². The van der Waals surface area contributed by atoms with E-state index < -0.39 is 0 Å². The average molecular weight is 236 g/mol. The van der Waals surface area contributed by atoms with Crippen LogP contribution in [0, 0.1) is 0 Å². The molecule has 0 heterocycles. The predicted octanol–water partition coefficient (Wildman–Crippen LogP) is 1.67. The minimum absolute atomic E-state index is 0.0977. The summed E-state index contributed by atoms with van der Waals surface area (Å²) in [6, 6.07) is 6.72. The number of amides is 1. The van der Waals surface area contributed by atoms with E-state index in [1.807, 2.05) is 0 Å². The number of anilines is 1. The molecule has 0 spiro atoms. The molecule has 0 aliphatic rings. The maximum absolute atomic E-state index is 11.4. The number of benzene rings is 1. The molecule has 0 aliphatic carbocycles. The Hall–Kier alpha value is -2.04. The van der Waals surface area contributed by atoms with Gasteiger partial charge >= 0.3 is 5.97 Å². The van der Waals surface area contributed by atoms with Gasteiger partial charge in [-0.3, -0.25) is 15.2 Å². The molecule has 0 aromatic heterocycles. The molecule has 5 heteroatoms. The monoisotopic (exact) mass is 236 g/mol. The molecule has 0 fully saturated rings. The van der Waals surface area contributed by atoms with Gasteiger partial charge in [0.05, 0.1) is 17.9 Å². The van der Waals surface area contributed by atoms with E-state index in [9.17, 15) is 9.59 Å². The van der Waals surface area contributed by atoms with Gasteiger partial charge < -0.3 is 4.74 Å². The highest BCUT2D eigenvalue weighted by Gasteiger charge is 2.06. The summed E-state index contributed by atoms with van der Waals surface area (Å²) in [7, 11) is 1.63. The number of ether oxygens (including phenoxy) is 1. The molecular formula is C12H16N2O3. The van der Waals surface area contributed by atoms with Crippen LogP contribution in [0.2, 0.25) is 0 Å². The Bertz CT molecular complexity index is 401. The minimum atomic E-state index is -0.348. The van der Waals surface area contributed by atoms with Crippen LogP contribution in [-0.2, 0) is 9.53 Å². The van der Waals surface area contributed by atoms with Crippen LogP contribution in [0.1, 0.15) is 24.2 Å². The summed E-state index contributed by atoms with van der Waals surface area (Å²) in [6.45, 7) is 3.57. The topological polar surface area (TPSA) is 58.6 Å². The largest absolute Gasteiger partial charge is 0.462 e. The van der Waals surface area contributed by atoms with Gasteiger partial charge in [0, 0.05) is 14.0 Å². The molecule has 0 radical (unpaired) electrons. The first-order chi connectivity index (χ1) is 8.04. The van der Waals surface area contributed by atoms with Crippen LogP contribution in [0.5, 0.6) is 0 Å². The van der Waals surface area contributed by atoms with Crippen molar-refractivity contribution in [3.05, 3.63) is 29.8 Å². The number of carbonyl (C=O) groups is 2. The van der Waals surface area contributed by atoms with Crippen molar-refractivity contribution in [3.63, 3.8) is 0 Å². The lowest BCUT2D eigenvalue weighted by molar-refractivity contribution is -0.126. The zero-order valence-electron chi connectivity index (χ0n) is 10.2. The first-order valence-corrected chi connectivity index (χ1v) is 5.32. The number of nitrogens with one attached hydrogen (secondary N) is 1. The van der Waals surface area contributed by atoms with Crippen LogP contribution >= 0.6 is 0 Å². The van der Waals surface area contributed by atoms with E-state index in [2.05, 4.69) is 5.43 Å². The third-order valence-electron chi connectivity index (χ3n) is 2.17. The third kappa shape index (κ3) is 3.79. The van der Waals surface area contributed by atoms with E-state index in [0.29, 0.717) is 12.2 Å². The lowest BCUT2D eigenvalue weighted by Gasteiger charge is -2.17. The van der Waals surface area contributed by atoms with Crippen LogP contribution in [0.15, 0.2) is 24.3 Å². The van der Waals surface area contributed by atoms with Gasteiger partial charge in [0.15, 0.2) is 0 Å². The molecule has 5 nitrogen and oxygen atoms in total. The molecule has 1 aromatic rings. The Morgan fingerprint density at radius 2 is 1.88 bits per heavy atom. The number of hydrazine groups is 1. The van der Waals surface area contributed by atoms with Crippen molar-refractivity contribution < 1.29 is 14.3 Å². The highest BCUT2D eigenvalue weighted by molar-refractivity contribution is 5.89. The second-order valence-corrected chi connectivity index (χ2v) is 3.49. The molecule has 0 bridgehead atoms. The summed E-state index contributed by atoms with van der Waals surface area (Å²) < 4.78 is 4.86. The van der Waals surface area contributed by atoms with Crippen LogP contribution < -0.4 is 5.43 Å². The van der Waals surface area contributed by atoms with Crippen LogP contribution in [0.4, 0.5) is 5.69 Å². The zero-order chi connectivity index (χ0) is 12.8. The molecule has 1 amide bonds. The van der Waals surface area contributed by atoms with Gasteiger partial charge in [0.25, 0.3) is 0 Å². The number of hydrogen-bond donors (Lipinski definition) is 1. The third-order valence-corrected chi connectivity index (χ3v) is 2.17. The Morgan fingerprint density at radius 3 is 2.35 bits per heavy atom. The quantitative estimate of drug-likeness (QED) is 0.638. The van der Waals surface area contributed by atoms with E-state index in [1.54, 1.807) is 38.2 Å². The van der Waals surface area contributed by atoms with Gasteiger partial charge in [-0.1, -0.05) is 0 Å². The van der Waals surface area contributed by atoms with Crippen molar-refractivity contribution in [1.82, 2.24) is 5.01 Å². The fraction of sp³-hybridized carbons (Fsp3) is 0.333. The highest BCUT2D eigenvalue weighted by atomic mass is 16.5. The molecule has 0 aliphatic heterocycles. The fourth-order valence-electron chi connectivity index (χ4n) is 1.17. The smallest absolute Gasteiger partial charge is 0.338 e.